The summed E-state index contributed by atoms with van der Waals surface area (Å²) >= 11 is 4.11. The van der Waals surface area contributed by atoms with Gasteiger partial charge in [0.05, 0.1) is 0 Å². The van der Waals surface area contributed by atoms with Crippen molar-refractivity contribution in [3.63, 3.8) is 0 Å². The lowest BCUT2D eigenvalue weighted by atomic mass is 9.85. The van der Waals surface area contributed by atoms with Crippen molar-refractivity contribution in [1.29, 1.82) is 0 Å². The van der Waals surface area contributed by atoms with E-state index in [0.717, 1.165) is 23.3 Å². The van der Waals surface area contributed by atoms with Gasteiger partial charge < -0.3 is 5.11 Å². The smallest absolute Gasteiger partial charge is 0.119 e. The van der Waals surface area contributed by atoms with Gasteiger partial charge in [-0.2, -0.15) is 12.6 Å². The van der Waals surface area contributed by atoms with Crippen molar-refractivity contribution in [3.05, 3.63) is 29.3 Å². The summed E-state index contributed by atoms with van der Waals surface area (Å²) in [5.74, 6) is 7.23. The molecule has 0 aromatic heterocycles. The molecule has 1 rings (SSSR count). The molecule has 1 aromatic rings. The maximum atomic E-state index is 9.78. The highest BCUT2D eigenvalue weighted by atomic mass is 32.1. The number of hydrogen-bond acceptors (Lipinski definition) is 2. The topological polar surface area (TPSA) is 20.2 Å². The first kappa shape index (κ1) is 13.0. The van der Waals surface area contributed by atoms with Crippen LogP contribution in [-0.2, 0) is 5.41 Å². The number of hydrogen-bond donors (Lipinski definition) is 2. The fourth-order valence-electron chi connectivity index (χ4n) is 1.43. The Labute approximate surface area is 103 Å². The van der Waals surface area contributed by atoms with Crippen molar-refractivity contribution >= 4 is 12.6 Å². The lowest BCUT2D eigenvalue weighted by Crippen LogP contribution is -2.11. The summed E-state index contributed by atoms with van der Waals surface area (Å²) in [6, 6.07) is 5.52. The lowest BCUT2D eigenvalue weighted by molar-refractivity contribution is 0.446. The van der Waals surface area contributed by atoms with Crippen molar-refractivity contribution in [2.45, 2.75) is 32.6 Å². The highest BCUT2D eigenvalue weighted by Crippen LogP contribution is 2.30. The monoisotopic (exact) mass is 234 g/mol. The number of benzene rings is 1. The molecule has 0 atom stereocenters. The average molecular weight is 234 g/mol. The first-order valence-electron chi connectivity index (χ1n) is 5.38. The maximum Gasteiger partial charge on any atom is 0.119 e. The first-order chi connectivity index (χ1) is 7.45. The van der Waals surface area contributed by atoms with Gasteiger partial charge in [0, 0.05) is 23.3 Å². The van der Waals surface area contributed by atoms with Gasteiger partial charge in [-0.3, -0.25) is 0 Å². The number of aromatic hydroxyl groups is 1. The van der Waals surface area contributed by atoms with Crippen LogP contribution in [0.3, 0.4) is 0 Å². The lowest BCUT2D eigenvalue weighted by Gasteiger charge is -2.20. The van der Waals surface area contributed by atoms with Crippen LogP contribution in [0.15, 0.2) is 18.2 Å². The summed E-state index contributed by atoms with van der Waals surface area (Å²) in [6.07, 6.45) is 0.787. The highest BCUT2D eigenvalue weighted by Gasteiger charge is 2.17. The predicted molar refractivity (Wildman–Crippen MR) is 72.2 cm³/mol. The van der Waals surface area contributed by atoms with Crippen LogP contribution in [0.2, 0.25) is 0 Å². The molecule has 0 unspecified atom stereocenters. The van der Waals surface area contributed by atoms with Gasteiger partial charge in [-0.15, -0.1) is 0 Å². The molecule has 0 aliphatic carbocycles. The van der Waals surface area contributed by atoms with Crippen molar-refractivity contribution < 1.29 is 5.11 Å². The van der Waals surface area contributed by atoms with E-state index in [1.54, 1.807) is 6.07 Å². The molecule has 1 N–H and O–H groups in total. The second-order valence-electron chi connectivity index (χ2n) is 4.76. The van der Waals surface area contributed by atoms with E-state index in [4.69, 9.17) is 0 Å². The van der Waals surface area contributed by atoms with Gasteiger partial charge in [-0.1, -0.05) is 32.6 Å². The Morgan fingerprint density at radius 2 is 2.00 bits per heavy atom. The van der Waals surface area contributed by atoms with E-state index in [1.807, 2.05) is 12.1 Å². The zero-order valence-corrected chi connectivity index (χ0v) is 10.9. The molecule has 2 heteroatoms. The van der Waals surface area contributed by atoms with Crippen LogP contribution in [0.1, 0.15) is 38.3 Å². The van der Waals surface area contributed by atoms with Gasteiger partial charge in [0.15, 0.2) is 0 Å². The number of rotatable bonds is 1. The fourth-order valence-corrected chi connectivity index (χ4v) is 1.55. The van der Waals surface area contributed by atoms with Crippen LogP contribution in [0.5, 0.6) is 5.75 Å². The molecule has 0 bridgehead atoms. The standard InChI is InChI=1S/C14H18OS/c1-14(2,3)12-10-11(6-4-5-9-16)7-8-13(12)15/h7-8,10,15-16H,5,9H2,1-3H3. The third kappa shape index (κ3) is 3.50. The zero-order valence-electron chi connectivity index (χ0n) is 10.0. The summed E-state index contributed by atoms with van der Waals surface area (Å²) in [5.41, 5.74) is 1.82. The van der Waals surface area contributed by atoms with Gasteiger partial charge in [-0.25, -0.2) is 0 Å². The van der Waals surface area contributed by atoms with E-state index in [9.17, 15) is 5.11 Å². The van der Waals surface area contributed by atoms with Crippen LogP contribution < -0.4 is 0 Å². The zero-order chi connectivity index (χ0) is 12.2. The van der Waals surface area contributed by atoms with Crippen LogP contribution in [-0.4, -0.2) is 10.9 Å². The van der Waals surface area contributed by atoms with E-state index < -0.39 is 0 Å². The normalized spacial score (nSPS) is 10.8. The van der Waals surface area contributed by atoms with Gasteiger partial charge in [0.1, 0.15) is 5.75 Å². The molecule has 0 saturated carbocycles. The highest BCUT2D eigenvalue weighted by molar-refractivity contribution is 7.80. The van der Waals surface area contributed by atoms with Crippen molar-refractivity contribution in [1.82, 2.24) is 0 Å². The van der Waals surface area contributed by atoms with Crippen LogP contribution in [0, 0.1) is 11.8 Å². The van der Waals surface area contributed by atoms with Gasteiger partial charge in [-0.05, 0) is 23.6 Å². The SMILES string of the molecule is CC(C)(C)c1cc(C#CCCS)ccc1O. The molecule has 0 amide bonds. The molecule has 1 nitrogen and oxygen atoms in total. The first-order valence-corrected chi connectivity index (χ1v) is 6.01. The second-order valence-corrected chi connectivity index (χ2v) is 5.20. The minimum Gasteiger partial charge on any atom is -0.508 e. The van der Waals surface area contributed by atoms with Crippen molar-refractivity contribution in [2.24, 2.45) is 0 Å². The van der Waals surface area contributed by atoms with Gasteiger partial charge in [0.2, 0.25) is 0 Å². The van der Waals surface area contributed by atoms with E-state index in [1.165, 1.54) is 0 Å². The van der Waals surface area contributed by atoms with E-state index in [-0.39, 0.29) is 5.41 Å². The molecule has 0 saturated heterocycles. The molecule has 1 aromatic carbocycles. The predicted octanol–water partition coefficient (Wildman–Crippen LogP) is 3.36. The molecular formula is C14H18OS. The molecule has 86 valence electrons. The van der Waals surface area contributed by atoms with Gasteiger partial charge in [0.25, 0.3) is 0 Å². The van der Waals surface area contributed by atoms with Crippen molar-refractivity contribution in [2.75, 3.05) is 5.75 Å². The summed E-state index contributed by atoms with van der Waals surface area (Å²) in [4.78, 5) is 0. The largest absolute Gasteiger partial charge is 0.508 e. The molecule has 0 aliphatic heterocycles. The van der Waals surface area contributed by atoms with Crippen LogP contribution in [0.25, 0.3) is 0 Å². The third-order valence-electron chi connectivity index (χ3n) is 2.27. The van der Waals surface area contributed by atoms with Crippen molar-refractivity contribution in [3.8, 4) is 17.6 Å². The molecular weight excluding hydrogens is 216 g/mol. The van der Waals surface area contributed by atoms with Crippen LogP contribution >= 0.6 is 12.6 Å². The molecule has 0 radical (unpaired) electrons. The Morgan fingerprint density at radius 3 is 2.56 bits per heavy atom. The fraction of sp³-hybridized carbons (Fsp3) is 0.429. The second kappa shape index (κ2) is 5.32. The molecule has 0 spiro atoms. The van der Waals surface area contributed by atoms with Crippen LogP contribution in [0.4, 0.5) is 0 Å². The Hall–Kier alpha value is -1.07. The molecule has 16 heavy (non-hydrogen) atoms. The molecule has 0 heterocycles. The maximum absolute atomic E-state index is 9.78. The molecule has 0 aliphatic rings. The summed E-state index contributed by atoms with van der Waals surface area (Å²) in [6.45, 7) is 6.23. The van der Waals surface area contributed by atoms with E-state index in [2.05, 4.69) is 45.2 Å². The quantitative estimate of drug-likeness (QED) is 0.564. The number of phenols is 1. The minimum atomic E-state index is -0.0642. The Kier molecular flexibility index (Phi) is 4.32. The summed E-state index contributed by atoms with van der Waals surface area (Å²) < 4.78 is 0. The minimum absolute atomic E-state index is 0.0642. The Morgan fingerprint density at radius 1 is 1.31 bits per heavy atom. The number of phenolic OH excluding ortho intramolecular Hbond substituents is 1. The Balaban J connectivity index is 3.05. The van der Waals surface area contributed by atoms with Gasteiger partial charge >= 0.3 is 0 Å². The van der Waals surface area contributed by atoms with E-state index >= 15 is 0 Å². The third-order valence-corrected chi connectivity index (χ3v) is 2.50. The Bertz CT molecular complexity index is 419. The van der Waals surface area contributed by atoms with E-state index in [0.29, 0.717) is 5.75 Å². The summed E-state index contributed by atoms with van der Waals surface area (Å²) in [7, 11) is 0. The number of thiol groups is 1. The molecule has 0 fully saturated rings. The summed E-state index contributed by atoms with van der Waals surface area (Å²) in [5, 5.41) is 9.78. The average Bonchev–Trinajstić information content (AvgIpc) is 2.19.